The van der Waals surface area contributed by atoms with Gasteiger partial charge in [0.2, 0.25) is 0 Å². The molecule has 0 radical (unpaired) electrons. The van der Waals surface area contributed by atoms with Gasteiger partial charge in [-0.15, -0.1) is 0 Å². The molecule has 1 aromatic heterocycles. The monoisotopic (exact) mass is 318 g/mol. The van der Waals surface area contributed by atoms with Gasteiger partial charge in [-0.3, -0.25) is 9.59 Å². The largest absolute Gasteiger partial charge is 0.292 e. The highest BCUT2D eigenvalue weighted by Crippen LogP contribution is 2.10. The van der Waals surface area contributed by atoms with Crippen molar-refractivity contribution in [1.82, 2.24) is 9.78 Å². The lowest BCUT2D eigenvalue weighted by Crippen LogP contribution is -2.27. The van der Waals surface area contributed by atoms with Crippen molar-refractivity contribution in [3.63, 3.8) is 0 Å². The SMILES string of the molecule is Cc1nn(CC(=O)c2ccccc2)c(=O)cc1Cc1ccccc1. The smallest absolute Gasteiger partial charge is 0.267 e. The molecule has 2 aromatic carbocycles. The molecule has 0 atom stereocenters. The number of hydrogen-bond acceptors (Lipinski definition) is 3. The van der Waals surface area contributed by atoms with Crippen LogP contribution in [0.2, 0.25) is 0 Å². The van der Waals surface area contributed by atoms with E-state index in [4.69, 9.17) is 0 Å². The summed E-state index contributed by atoms with van der Waals surface area (Å²) >= 11 is 0. The van der Waals surface area contributed by atoms with Gasteiger partial charge in [0.05, 0.1) is 5.69 Å². The van der Waals surface area contributed by atoms with Gasteiger partial charge in [0.15, 0.2) is 5.78 Å². The van der Waals surface area contributed by atoms with Gasteiger partial charge in [-0.25, -0.2) is 4.68 Å². The molecule has 0 aliphatic heterocycles. The summed E-state index contributed by atoms with van der Waals surface area (Å²) in [4.78, 5) is 24.6. The number of nitrogens with zero attached hydrogens (tertiary/aromatic N) is 2. The Morgan fingerprint density at radius 3 is 2.29 bits per heavy atom. The molecule has 1 heterocycles. The van der Waals surface area contributed by atoms with Gasteiger partial charge in [-0.05, 0) is 24.5 Å². The van der Waals surface area contributed by atoms with Crippen molar-refractivity contribution >= 4 is 5.78 Å². The zero-order valence-corrected chi connectivity index (χ0v) is 13.5. The van der Waals surface area contributed by atoms with Crippen molar-refractivity contribution < 1.29 is 4.79 Å². The number of ketones is 1. The Bertz CT molecular complexity index is 900. The maximum absolute atomic E-state index is 12.3. The number of carbonyl (C=O) groups is 1. The lowest BCUT2D eigenvalue weighted by atomic mass is 10.0. The van der Waals surface area contributed by atoms with Crippen LogP contribution in [0.25, 0.3) is 0 Å². The number of Topliss-reactive ketones (excluding diaryl/α,β-unsaturated/α-hetero) is 1. The predicted octanol–water partition coefficient (Wildman–Crippen LogP) is 3.03. The van der Waals surface area contributed by atoms with E-state index in [0.29, 0.717) is 12.0 Å². The Labute approximate surface area is 140 Å². The summed E-state index contributed by atoms with van der Waals surface area (Å²) in [6.45, 7) is 1.82. The van der Waals surface area contributed by atoms with E-state index in [0.717, 1.165) is 16.8 Å². The van der Waals surface area contributed by atoms with E-state index >= 15 is 0 Å². The molecule has 120 valence electrons. The molecule has 0 fully saturated rings. The molecule has 4 heteroatoms. The minimum Gasteiger partial charge on any atom is -0.292 e. The summed E-state index contributed by atoms with van der Waals surface area (Å²) < 4.78 is 1.24. The molecule has 0 saturated carbocycles. The van der Waals surface area contributed by atoms with Gasteiger partial charge in [-0.2, -0.15) is 5.10 Å². The number of hydrogen-bond donors (Lipinski definition) is 0. The van der Waals surface area contributed by atoms with Crippen LogP contribution in [0.1, 0.15) is 27.2 Å². The second kappa shape index (κ2) is 7.04. The third kappa shape index (κ3) is 3.66. The molecule has 4 nitrogen and oxygen atoms in total. The first-order valence-corrected chi connectivity index (χ1v) is 7.83. The number of aromatic nitrogens is 2. The molecule has 0 bridgehead atoms. The van der Waals surface area contributed by atoms with E-state index in [1.54, 1.807) is 30.3 Å². The molecule has 0 spiro atoms. The third-order valence-electron chi connectivity index (χ3n) is 3.91. The first-order valence-electron chi connectivity index (χ1n) is 7.83. The molecule has 0 N–H and O–H groups in total. The average Bonchev–Trinajstić information content (AvgIpc) is 2.61. The number of rotatable bonds is 5. The first kappa shape index (κ1) is 15.9. The van der Waals surface area contributed by atoms with E-state index in [1.165, 1.54) is 4.68 Å². The maximum atomic E-state index is 12.3. The number of aryl methyl sites for hydroxylation is 1. The summed E-state index contributed by atoms with van der Waals surface area (Å²) in [6, 6.07) is 20.5. The zero-order valence-electron chi connectivity index (χ0n) is 13.5. The van der Waals surface area contributed by atoms with Gasteiger partial charge in [0.1, 0.15) is 6.54 Å². The zero-order chi connectivity index (χ0) is 16.9. The fourth-order valence-corrected chi connectivity index (χ4v) is 2.58. The summed E-state index contributed by atoms with van der Waals surface area (Å²) in [5, 5.41) is 4.32. The van der Waals surface area contributed by atoms with Gasteiger partial charge >= 0.3 is 0 Å². The molecule has 3 aromatic rings. The molecular weight excluding hydrogens is 300 g/mol. The lowest BCUT2D eigenvalue weighted by molar-refractivity contribution is 0.0965. The van der Waals surface area contributed by atoms with Crippen molar-refractivity contribution in [2.75, 3.05) is 0 Å². The van der Waals surface area contributed by atoms with Crippen LogP contribution in [0.3, 0.4) is 0 Å². The second-order valence-corrected chi connectivity index (χ2v) is 5.70. The Kier molecular flexibility index (Phi) is 4.66. The molecule has 0 saturated heterocycles. The predicted molar refractivity (Wildman–Crippen MR) is 93.3 cm³/mol. The minimum absolute atomic E-state index is 0.0463. The molecule has 0 aliphatic carbocycles. The standard InChI is InChI=1S/C20H18N2O2/c1-15-18(12-16-8-4-2-5-9-16)13-20(24)22(21-15)14-19(23)17-10-6-3-7-11-17/h2-11,13H,12,14H2,1H3. The van der Waals surface area contributed by atoms with Crippen LogP contribution in [0.5, 0.6) is 0 Å². The van der Waals surface area contributed by atoms with E-state index in [-0.39, 0.29) is 17.9 Å². The molecular formula is C20H18N2O2. The van der Waals surface area contributed by atoms with Crippen molar-refractivity contribution in [3.8, 4) is 0 Å². The van der Waals surface area contributed by atoms with Crippen LogP contribution >= 0.6 is 0 Å². The average molecular weight is 318 g/mol. The summed E-state index contributed by atoms with van der Waals surface area (Å²) in [6.07, 6.45) is 0.655. The lowest BCUT2D eigenvalue weighted by Gasteiger charge is -2.09. The van der Waals surface area contributed by atoms with E-state index < -0.39 is 0 Å². The van der Waals surface area contributed by atoms with Gasteiger partial charge in [-0.1, -0.05) is 60.7 Å². The maximum Gasteiger partial charge on any atom is 0.267 e. The highest BCUT2D eigenvalue weighted by molar-refractivity contribution is 5.95. The van der Waals surface area contributed by atoms with Crippen LogP contribution in [0.15, 0.2) is 71.5 Å². The van der Waals surface area contributed by atoms with Crippen LogP contribution < -0.4 is 5.56 Å². The van der Waals surface area contributed by atoms with E-state index in [2.05, 4.69) is 5.10 Å². The van der Waals surface area contributed by atoms with Crippen LogP contribution in [0.4, 0.5) is 0 Å². The fourth-order valence-electron chi connectivity index (χ4n) is 2.58. The Hall–Kier alpha value is -3.01. The minimum atomic E-state index is -0.254. The highest BCUT2D eigenvalue weighted by atomic mass is 16.1. The second-order valence-electron chi connectivity index (χ2n) is 5.70. The topological polar surface area (TPSA) is 52.0 Å². The van der Waals surface area contributed by atoms with Gasteiger partial charge < -0.3 is 0 Å². The third-order valence-corrected chi connectivity index (χ3v) is 3.91. The van der Waals surface area contributed by atoms with E-state index in [1.807, 2.05) is 43.3 Å². The Morgan fingerprint density at radius 1 is 1.00 bits per heavy atom. The Morgan fingerprint density at radius 2 is 1.62 bits per heavy atom. The summed E-state index contributed by atoms with van der Waals surface area (Å²) in [5.74, 6) is -0.125. The molecule has 3 rings (SSSR count). The van der Waals surface area contributed by atoms with Crippen LogP contribution in [-0.2, 0) is 13.0 Å². The van der Waals surface area contributed by atoms with Gasteiger partial charge in [0, 0.05) is 11.6 Å². The molecule has 0 unspecified atom stereocenters. The van der Waals surface area contributed by atoms with Crippen molar-refractivity contribution in [3.05, 3.63) is 99.5 Å². The first-order chi connectivity index (χ1) is 11.6. The quantitative estimate of drug-likeness (QED) is 0.680. The summed E-state index contributed by atoms with van der Waals surface area (Å²) in [7, 11) is 0. The molecule has 0 aliphatic rings. The summed E-state index contributed by atoms with van der Waals surface area (Å²) in [5.41, 5.74) is 3.10. The normalized spacial score (nSPS) is 10.5. The fraction of sp³-hybridized carbons (Fsp3) is 0.150. The molecule has 0 amide bonds. The molecule has 24 heavy (non-hydrogen) atoms. The van der Waals surface area contributed by atoms with Crippen molar-refractivity contribution in [2.24, 2.45) is 0 Å². The van der Waals surface area contributed by atoms with Crippen molar-refractivity contribution in [1.29, 1.82) is 0 Å². The van der Waals surface area contributed by atoms with Crippen molar-refractivity contribution in [2.45, 2.75) is 19.9 Å². The highest BCUT2D eigenvalue weighted by Gasteiger charge is 2.11. The number of benzene rings is 2. The Balaban J connectivity index is 1.82. The number of carbonyl (C=O) groups excluding carboxylic acids is 1. The van der Waals surface area contributed by atoms with Gasteiger partial charge in [0.25, 0.3) is 5.56 Å². The van der Waals surface area contributed by atoms with Crippen LogP contribution in [-0.4, -0.2) is 15.6 Å². The van der Waals surface area contributed by atoms with E-state index in [9.17, 15) is 9.59 Å². The van der Waals surface area contributed by atoms with Crippen LogP contribution in [0, 0.1) is 6.92 Å².